The molecular weight excluding hydrogens is 214 g/mol. The van der Waals surface area contributed by atoms with Crippen molar-refractivity contribution in [1.82, 2.24) is 9.97 Å². The highest BCUT2D eigenvalue weighted by molar-refractivity contribution is 5.38. The van der Waals surface area contributed by atoms with E-state index in [2.05, 4.69) is 9.97 Å². The molecule has 0 aliphatic heterocycles. The average molecular weight is 229 g/mol. The van der Waals surface area contributed by atoms with Gasteiger partial charge in [-0.3, -0.25) is 4.98 Å². The molecule has 4 heteroatoms. The highest BCUT2D eigenvalue weighted by Crippen LogP contribution is 2.12. The van der Waals surface area contributed by atoms with Crippen LogP contribution in [0.1, 0.15) is 11.1 Å². The van der Waals surface area contributed by atoms with Gasteiger partial charge in [-0.25, -0.2) is 4.98 Å². The van der Waals surface area contributed by atoms with Gasteiger partial charge in [0.05, 0.1) is 6.10 Å². The van der Waals surface area contributed by atoms with E-state index < -0.39 is 6.10 Å². The lowest BCUT2D eigenvalue weighted by Crippen LogP contribution is -2.15. The molecule has 0 saturated carbocycles. The van der Waals surface area contributed by atoms with Crippen LogP contribution in [-0.4, -0.2) is 21.2 Å². The predicted molar refractivity (Wildman–Crippen MR) is 66.3 cm³/mol. The monoisotopic (exact) mass is 229 g/mol. The van der Waals surface area contributed by atoms with Gasteiger partial charge in [0, 0.05) is 25.0 Å². The van der Waals surface area contributed by atoms with Crippen LogP contribution >= 0.6 is 0 Å². The van der Waals surface area contributed by atoms with E-state index in [-0.39, 0.29) is 0 Å². The molecule has 2 heterocycles. The summed E-state index contributed by atoms with van der Waals surface area (Å²) in [4.78, 5) is 7.94. The minimum Gasteiger partial charge on any atom is -0.392 e. The van der Waals surface area contributed by atoms with E-state index in [4.69, 9.17) is 5.73 Å². The molecule has 0 aliphatic rings. The zero-order valence-electron chi connectivity index (χ0n) is 9.45. The van der Waals surface area contributed by atoms with Gasteiger partial charge in [0.2, 0.25) is 0 Å². The van der Waals surface area contributed by atoms with Gasteiger partial charge in [-0.15, -0.1) is 0 Å². The summed E-state index contributed by atoms with van der Waals surface area (Å²) in [5, 5.41) is 9.98. The van der Waals surface area contributed by atoms with Crippen LogP contribution in [0.4, 0.5) is 5.82 Å². The number of rotatable bonds is 4. The van der Waals surface area contributed by atoms with E-state index in [1.165, 1.54) is 0 Å². The molecule has 2 rings (SSSR count). The summed E-state index contributed by atoms with van der Waals surface area (Å²) in [5.74, 6) is 0.487. The smallest absolute Gasteiger partial charge is 0.126 e. The molecule has 4 nitrogen and oxygen atoms in total. The molecule has 0 bridgehead atoms. The van der Waals surface area contributed by atoms with Crippen molar-refractivity contribution in [3.8, 4) is 0 Å². The van der Waals surface area contributed by atoms with Gasteiger partial charge in [0.15, 0.2) is 0 Å². The Morgan fingerprint density at radius 3 is 2.59 bits per heavy atom. The van der Waals surface area contributed by atoms with E-state index in [0.29, 0.717) is 18.7 Å². The second-order valence-corrected chi connectivity index (χ2v) is 3.97. The van der Waals surface area contributed by atoms with Crippen molar-refractivity contribution >= 4 is 5.82 Å². The lowest BCUT2D eigenvalue weighted by molar-refractivity contribution is 0.175. The maximum absolute atomic E-state index is 9.98. The van der Waals surface area contributed by atoms with Gasteiger partial charge < -0.3 is 10.8 Å². The summed E-state index contributed by atoms with van der Waals surface area (Å²) >= 11 is 0. The fourth-order valence-corrected chi connectivity index (χ4v) is 1.74. The van der Waals surface area contributed by atoms with E-state index in [1.807, 2.05) is 24.3 Å². The number of nitrogens with zero attached hydrogens (tertiary/aromatic N) is 2. The standard InChI is InChI=1S/C13H15N3O/c14-13-11(2-1-5-16-13)9-12(17)8-10-3-6-15-7-4-10/h1-7,12,17H,8-9H2,(H2,14,16). The molecule has 1 atom stereocenters. The van der Waals surface area contributed by atoms with Crippen LogP contribution in [0.5, 0.6) is 0 Å². The Hall–Kier alpha value is -1.94. The largest absolute Gasteiger partial charge is 0.392 e. The van der Waals surface area contributed by atoms with Crippen molar-refractivity contribution in [3.05, 3.63) is 54.0 Å². The lowest BCUT2D eigenvalue weighted by atomic mass is 10.0. The van der Waals surface area contributed by atoms with Crippen LogP contribution in [-0.2, 0) is 12.8 Å². The number of aliphatic hydroxyl groups is 1. The van der Waals surface area contributed by atoms with E-state index in [1.54, 1.807) is 18.6 Å². The van der Waals surface area contributed by atoms with Crippen LogP contribution in [0.15, 0.2) is 42.9 Å². The molecule has 0 amide bonds. The third-order valence-corrected chi connectivity index (χ3v) is 2.60. The minimum absolute atomic E-state index is 0.455. The molecule has 17 heavy (non-hydrogen) atoms. The Bertz CT molecular complexity index is 473. The minimum atomic E-state index is -0.455. The normalized spacial score (nSPS) is 12.3. The van der Waals surface area contributed by atoms with Crippen LogP contribution in [0.2, 0.25) is 0 Å². The summed E-state index contributed by atoms with van der Waals surface area (Å²) in [6.07, 6.45) is 5.75. The van der Waals surface area contributed by atoms with Gasteiger partial charge >= 0.3 is 0 Å². The summed E-state index contributed by atoms with van der Waals surface area (Å²) in [6, 6.07) is 7.51. The third-order valence-electron chi connectivity index (χ3n) is 2.60. The second-order valence-electron chi connectivity index (χ2n) is 3.97. The first kappa shape index (κ1) is 11.5. The molecular formula is C13H15N3O. The first-order chi connectivity index (χ1) is 8.25. The Balaban J connectivity index is 1.98. The summed E-state index contributed by atoms with van der Waals surface area (Å²) in [6.45, 7) is 0. The summed E-state index contributed by atoms with van der Waals surface area (Å²) in [5.41, 5.74) is 7.68. The molecule has 0 saturated heterocycles. The number of nitrogens with two attached hydrogens (primary N) is 1. The van der Waals surface area contributed by atoms with E-state index >= 15 is 0 Å². The molecule has 0 aliphatic carbocycles. The second kappa shape index (κ2) is 5.41. The number of hydrogen-bond acceptors (Lipinski definition) is 4. The highest BCUT2D eigenvalue weighted by atomic mass is 16.3. The SMILES string of the molecule is Nc1ncccc1CC(O)Cc1ccncc1. The zero-order chi connectivity index (χ0) is 12.1. The molecule has 0 fully saturated rings. The molecule has 2 aromatic rings. The van der Waals surface area contributed by atoms with Gasteiger partial charge in [-0.2, -0.15) is 0 Å². The van der Waals surface area contributed by atoms with E-state index in [0.717, 1.165) is 11.1 Å². The molecule has 0 aromatic carbocycles. The molecule has 0 spiro atoms. The van der Waals surface area contributed by atoms with Gasteiger partial charge in [0.25, 0.3) is 0 Å². The maximum atomic E-state index is 9.98. The number of anilines is 1. The summed E-state index contributed by atoms with van der Waals surface area (Å²) < 4.78 is 0. The van der Waals surface area contributed by atoms with Crippen molar-refractivity contribution in [3.63, 3.8) is 0 Å². The Morgan fingerprint density at radius 2 is 1.88 bits per heavy atom. The number of aromatic nitrogens is 2. The molecule has 3 N–H and O–H groups in total. The fourth-order valence-electron chi connectivity index (χ4n) is 1.74. The molecule has 1 unspecified atom stereocenters. The molecule has 0 radical (unpaired) electrons. The van der Waals surface area contributed by atoms with Crippen LogP contribution in [0, 0.1) is 0 Å². The van der Waals surface area contributed by atoms with Crippen molar-refractivity contribution in [2.24, 2.45) is 0 Å². The third kappa shape index (κ3) is 3.26. The average Bonchev–Trinajstić information content (AvgIpc) is 2.33. The van der Waals surface area contributed by atoms with Gasteiger partial charge in [0.1, 0.15) is 5.82 Å². The Labute approximate surface area is 100 Å². The highest BCUT2D eigenvalue weighted by Gasteiger charge is 2.09. The summed E-state index contributed by atoms with van der Waals surface area (Å²) in [7, 11) is 0. The first-order valence-corrected chi connectivity index (χ1v) is 5.52. The van der Waals surface area contributed by atoms with Crippen LogP contribution in [0.3, 0.4) is 0 Å². The maximum Gasteiger partial charge on any atom is 0.126 e. The van der Waals surface area contributed by atoms with Crippen LogP contribution in [0.25, 0.3) is 0 Å². The van der Waals surface area contributed by atoms with Crippen molar-refractivity contribution in [2.45, 2.75) is 18.9 Å². The van der Waals surface area contributed by atoms with Crippen molar-refractivity contribution in [2.75, 3.05) is 5.73 Å². The number of pyridine rings is 2. The topological polar surface area (TPSA) is 72.0 Å². The number of nitrogen functional groups attached to an aromatic ring is 1. The molecule has 88 valence electrons. The predicted octanol–water partition coefficient (Wildman–Crippen LogP) is 1.20. The van der Waals surface area contributed by atoms with Crippen molar-refractivity contribution in [1.29, 1.82) is 0 Å². The van der Waals surface area contributed by atoms with Gasteiger partial charge in [-0.05, 0) is 35.7 Å². The Morgan fingerprint density at radius 1 is 1.12 bits per heavy atom. The quantitative estimate of drug-likeness (QED) is 0.826. The Kier molecular flexibility index (Phi) is 3.67. The van der Waals surface area contributed by atoms with Gasteiger partial charge in [-0.1, -0.05) is 6.07 Å². The fraction of sp³-hybridized carbons (Fsp3) is 0.231. The number of hydrogen-bond donors (Lipinski definition) is 2. The number of aliphatic hydroxyl groups excluding tert-OH is 1. The van der Waals surface area contributed by atoms with Crippen LogP contribution < -0.4 is 5.73 Å². The van der Waals surface area contributed by atoms with E-state index in [9.17, 15) is 5.11 Å². The first-order valence-electron chi connectivity index (χ1n) is 5.52. The molecule has 2 aromatic heterocycles. The lowest BCUT2D eigenvalue weighted by Gasteiger charge is -2.11. The zero-order valence-corrected chi connectivity index (χ0v) is 9.45. The van der Waals surface area contributed by atoms with Crippen molar-refractivity contribution < 1.29 is 5.11 Å².